The maximum absolute atomic E-state index is 11.3. The number of amides is 1. The predicted molar refractivity (Wildman–Crippen MR) is 81.2 cm³/mol. The third-order valence-corrected chi connectivity index (χ3v) is 3.25. The van der Waals surface area contributed by atoms with Gasteiger partial charge in [0.2, 0.25) is 5.91 Å². The van der Waals surface area contributed by atoms with Gasteiger partial charge in [0.25, 0.3) is 0 Å². The van der Waals surface area contributed by atoms with E-state index < -0.39 is 0 Å². The van der Waals surface area contributed by atoms with Gasteiger partial charge >= 0.3 is 0 Å². The van der Waals surface area contributed by atoms with Gasteiger partial charge < -0.3 is 14.8 Å². The molecule has 0 saturated carbocycles. The van der Waals surface area contributed by atoms with Crippen molar-refractivity contribution in [2.45, 2.75) is 13.3 Å². The summed E-state index contributed by atoms with van der Waals surface area (Å²) in [5.41, 5.74) is 2.98. The van der Waals surface area contributed by atoms with Crippen LogP contribution < -0.4 is 5.32 Å². The number of hydrogen-bond donors (Lipinski definition) is 2. The zero-order chi connectivity index (χ0) is 14.8. The third-order valence-electron chi connectivity index (χ3n) is 3.25. The van der Waals surface area contributed by atoms with Crippen LogP contribution in [0, 0.1) is 0 Å². The standard InChI is InChI=1S/C16H15N3O2/c1-2-15(21)17-12-7-5-11(6-8-12)13-10-19-9-3-4-14(20)16(19)18-13/h3-10,20H,2H2,1H3,(H,17,21). The highest BCUT2D eigenvalue weighted by molar-refractivity contribution is 5.90. The van der Waals surface area contributed by atoms with Crippen molar-refractivity contribution in [2.75, 3.05) is 5.32 Å². The largest absolute Gasteiger partial charge is 0.504 e. The van der Waals surface area contributed by atoms with E-state index in [-0.39, 0.29) is 11.7 Å². The second-order valence-electron chi connectivity index (χ2n) is 4.73. The van der Waals surface area contributed by atoms with Gasteiger partial charge in [0.15, 0.2) is 11.4 Å². The molecule has 1 amide bonds. The Morgan fingerprint density at radius 3 is 2.71 bits per heavy atom. The van der Waals surface area contributed by atoms with Crippen molar-refractivity contribution in [3.8, 4) is 17.0 Å². The van der Waals surface area contributed by atoms with Crippen LogP contribution in [0.2, 0.25) is 0 Å². The minimum Gasteiger partial charge on any atom is -0.504 e. The lowest BCUT2D eigenvalue weighted by Gasteiger charge is -2.03. The molecule has 2 N–H and O–H groups in total. The van der Waals surface area contributed by atoms with E-state index in [1.807, 2.05) is 43.6 Å². The predicted octanol–water partition coefficient (Wildman–Crippen LogP) is 3.06. The molecule has 3 aromatic rings. The van der Waals surface area contributed by atoms with Gasteiger partial charge in [-0.15, -0.1) is 0 Å². The number of hydrogen-bond acceptors (Lipinski definition) is 3. The minimum atomic E-state index is -0.0135. The molecule has 5 nitrogen and oxygen atoms in total. The zero-order valence-electron chi connectivity index (χ0n) is 11.6. The molecule has 5 heteroatoms. The fourth-order valence-corrected chi connectivity index (χ4v) is 2.11. The third kappa shape index (κ3) is 2.58. The summed E-state index contributed by atoms with van der Waals surface area (Å²) in [5, 5.41) is 12.6. The molecule has 106 valence electrons. The molecule has 0 spiro atoms. The fraction of sp³-hybridized carbons (Fsp3) is 0.125. The van der Waals surface area contributed by atoms with Crippen LogP contribution in [0.3, 0.4) is 0 Å². The smallest absolute Gasteiger partial charge is 0.224 e. The molecule has 1 aromatic carbocycles. The maximum Gasteiger partial charge on any atom is 0.224 e. The van der Waals surface area contributed by atoms with E-state index in [0.717, 1.165) is 16.9 Å². The van der Waals surface area contributed by atoms with Crippen LogP contribution in [0.1, 0.15) is 13.3 Å². The molecule has 21 heavy (non-hydrogen) atoms. The van der Waals surface area contributed by atoms with Gasteiger partial charge in [-0.25, -0.2) is 4.98 Å². The SMILES string of the molecule is CCC(=O)Nc1ccc(-c2cn3cccc(O)c3n2)cc1. The van der Waals surface area contributed by atoms with E-state index in [1.165, 1.54) is 0 Å². The van der Waals surface area contributed by atoms with Gasteiger partial charge in [-0.3, -0.25) is 4.79 Å². The maximum atomic E-state index is 11.3. The molecule has 0 radical (unpaired) electrons. The van der Waals surface area contributed by atoms with E-state index >= 15 is 0 Å². The lowest BCUT2D eigenvalue weighted by Crippen LogP contribution is -2.08. The number of rotatable bonds is 3. The average Bonchev–Trinajstić information content (AvgIpc) is 2.93. The second-order valence-corrected chi connectivity index (χ2v) is 4.73. The van der Waals surface area contributed by atoms with Crippen LogP contribution in [0.4, 0.5) is 5.69 Å². The highest BCUT2D eigenvalue weighted by Gasteiger charge is 2.07. The van der Waals surface area contributed by atoms with Crippen LogP contribution in [0.5, 0.6) is 5.75 Å². The molecule has 3 rings (SSSR count). The van der Waals surface area contributed by atoms with E-state index in [1.54, 1.807) is 16.5 Å². The van der Waals surface area contributed by atoms with Crippen molar-refractivity contribution < 1.29 is 9.90 Å². The number of pyridine rings is 1. The molecule has 0 aliphatic heterocycles. The van der Waals surface area contributed by atoms with Crippen LogP contribution in [0.25, 0.3) is 16.9 Å². The fourth-order valence-electron chi connectivity index (χ4n) is 2.11. The molecular formula is C16H15N3O2. The van der Waals surface area contributed by atoms with Crippen molar-refractivity contribution in [2.24, 2.45) is 0 Å². The first-order valence-electron chi connectivity index (χ1n) is 6.74. The first-order chi connectivity index (χ1) is 10.2. The molecule has 0 aliphatic rings. The van der Waals surface area contributed by atoms with Crippen molar-refractivity contribution in [1.29, 1.82) is 0 Å². The normalized spacial score (nSPS) is 10.7. The van der Waals surface area contributed by atoms with E-state index in [9.17, 15) is 9.90 Å². The Kier molecular flexibility index (Phi) is 3.31. The van der Waals surface area contributed by atoms with Crippen LogP contribution in [-0.2, 0) is 4.79 Å². The number of nitrogens with zero attached hydrogens (tertiary/aromatic N) is 2. The first kappa shape index (κ1) is 13.2. The number of fused-ring (bicyclic) bond motifs is 1. The molecule has 2 heterocycles. The number of aromatic nitrogens is 2. The van der Waals surface area contributed by atoms with Crippen molar-refractivity contribution in [1.82, 2.24) is 9.38 Å². The Labute approximate surface area is 121 Å². The monoisotopic (exact) mass is 281 g/mol. The second kappa shape index (κ2) is 5.28. The Bertz CT molecular complexity index is 791. The zero-order valence-corrected chi connectivity index (χ0v) is 11.6. The van der Waals surface area contributed by atoms with Gasteiger partial charge in [0.05, 0.1) is 5.69 Å². The van der Waals surface area contributed by atoms with E-state index in [0.29, 0.717) is 12.1 Å². The molecular weight excluding hydrogens is 266 g/mol. The number of aromatic hydroxyl groups is 1. The summed E-state index contributed by atoms with van der Waals surface area (Å²) >= 11 is 0. The van der Waals surface area contributed by atoms with E-state index in [2.05, 4.69) is 10.3 Å². The Hall–Kier alpha value is -2.82. The quantitative estimate of drug-likeness (QED) is 0.775. The van der Waals surface area contributed by atoms with Crippen molar-refractivity contribution in [3.63, 3.8) is 0 Å². The molecule has 2 aromatic heterocycles. The van der Waals surface area contributed by atoms with Gasteiger partial charge in [0.1, 0.15) is 0 Å². The Balaban J connectivity index is 1.92. The molecule has 0 bridgehead atoms. The number of nitrogens with one attached hydrogen (secondary N) is 1. The molecule has 0 saturated heterocycles. The first-order valence-corrected chi connectivity index (χ1v) is 6.74. The lowest BCUT2D eigenvalue weighted by molar-refractivity contribution is -0.115. The van der Waals surface area contributed by atoms with Gasteiger partial charge in [-0.2, -0.15) is 0 Å². The highest BCUT2D eigenvalue weighted by Crippen LogP contribution is 2.24. The number of carbonyl (C=O) groups excluding carboxylic acids is 1. The molecule has 0 atom stereocenters. The molecule has 0 fully saturated rings. The summed E-state index contributed by atoms with van der Waals surface area (Å²) in [6.45, 7) is 1.81. The summed E-state index contributed by atoms with van der Waals surface area (Å²) in [6.07, 6.45) is 4.14. The summed E-state index contributed by atoms with van der Waals surface area (Å²) < 4.78 is 1.78. The van der Waals surface area contributed by atoms with Crippen molar-refractivity contribution in [3.05, 3.63) is 48.8 Å². The van der Waals surface area contributed by atoms with Gasteiger partial charge in [0, 0.05) is 30.1 Å². The Morgan fingerprint density at radius 2 is 2.05 bits per heavy atom. The highest BCUT2D eigenvalue weighted by atomic mass is 16.3. The topological polar surface area (TPSA) is 66.6 Å². The van der Waals surface area contributed by atoms with Gasteiger partial charge in [-0.05, 0) is 24.3 Å². The minimum absolute atomic E-state index is 0.0135. The number of benzene rings is 1. The molecule has 0 unspecified atom stereocenters. The van der Waals surface area contributed by atoms with Crippen molar-refractivity contribution >= 4 is 17.2 Å². The summed E-state index contributed by atoms with van der Waals surface area (Å²) in [7, 11) is 0. The lowest BCUT2D eigenvalue weighted by atomic mass is 10.1. The summed E-state index contributed by atoms with van der Waals surface area (Å²) in [6, 6.07) is 10.8. The van der Waals surface area contributed by atoms with Crippen LogP contribution >= 0.6 is 0 Å². The number of anilines is 1. The average molecular weight is 281 g/mol. The van der Waals surface area contributed by atoms with Crippen LogP contribution in [0.15, 0.2) is 48.8 Å². The summed E-state index contributed by atoms with van der Waals surface area (Å²) in [4.78, 5) is 15.8. The van der Waals surface area contributed by atoms with Crippen LogP contribution in [-0.4, -0.2) is 20.4 Å². The molecule has 0 aliphatic carbocycles. The number of imidazole rings is 1. The van der Waals surface area contributed by atoms with E-state index in [4.69, 9.17) is 0 Å². The Morgan fingerprint density at radius 1 is 1.29 bits per heavy atom. The summed E-state index contributed by atoms with van der Waals surface area (Å²) in [5.74, 6) is 0.135. The number of carbonyl (C=O) groups is 1. The van der Waals surface area contributed by atoms with Gasteiger partial charge in [-0.1, -0.05) is 19.1 Å².